The predicted molar refractivity (Wildman–Crippen MR) is 352 cm³/mol. The van der Waals surface area contributed by atoms with Gasteiger partial charge in [0.2, 0.25) is 0 Å². The number of ether oxygens (including phenoxy) is 2. The molecule has 0 heterocycles. The summed E-state index contributed by atoms with van der Waals surface area (Å²) in [5.74, 6) is -0.594. The Hall–Kier alpha value is -3.96. The zero-order valence-corrected chi connectivity index (χ0v) is 52.3. The smallest absolute Gasteiger partial charge is 0.306 e. The van der Waals surface area contributed by atoms with Crippen LogP contribution in [0.4, 0.5) is 0 Å². The number of aliphatic hydroxyl groups is 1. The van der Waals surface area contributed by atoms with Crippen LogP contribution in [0.15, 0.2) is 134 Å². The molecular weight excluding hydrogens is 981 g/mol. The molecule has 0 rings (SSSR count). The summed E-state index contributed by atoms with van der Waals surface area (Å²) in [7, 11) is 0. The van der Waals surface area contributed by atoms with Gasteiger partial charge >= 0.3 is 11.9 Å². The molecule has 0 aromatic rings. The van der Waals surface area contributed by atoms with E-state index in [1.807, 2.05) is 0 Å². The number of unbranched alkanes of at least 4 members (excludes halogenated alkanes) is 31. The van der Waals surface area contributed by atoms with Crippen LogP contribution >= 0.6 is 0 Å². The van der Waals surface area contributed by atoms with Crippen molar-refractivity contribution in [1.82, 2.24) is 0 Å². The van der Waals surface area contributed by atoms with Crippen molar-refractivity contribution < 1.29 is 24.2 Å². The van der Waals surface area contributed by atoms with Crippen LogP contribution in [0.3, 0.4) is 0 Å². The highest BCUT2D eigenvalue weighted by Gasteiger charge is 2.16. The first-order valence-corrected chi connectivity index (χ1v) is 33.7. The van der Waals surface area contributed by atoms with Crippen LogP contribution in [0.25, 0.3) is 0 Å². The van der Waals surface area contributed by atoms with E-state index in [4.69, 9.17) is 9.47 Å². The molecule has 0 saturated heterocycles. The minimum Gasteiger partial charge on any atom is -0.462 e. The van der Waals surface area contributed by atoms with Crippen molar-refractivity contribution >= 4 is 11.9 Å². The van der Waals surface area contributed by atoms with Gasteiger partial charge in [-0.05, 0) is 116 Å². The predicted octanol–water partition coefficient (Wildman–Crippen LogP) is 23.5. The largest absolute Gasteiger partial charge is 0.462 e. The Morgan fingerprint density at radius 3 is 0.812 bits per heavy atom. The van der Waals surface area contributed by atoms with E-state index >= 15 is 0 Å². The third kappa shape index (κ3) is 66.6. The van der Waals surface area contributed by atoms with Crippen molar-refractivity contribution in [2.24, 2.45) is 0 Å². The molecule has 0 aliphatic rings. The van der Waals surface area contributed by atoms with E-state index in [0.29, 0.717) is 12.8 Å². The van der Waals surface area contributed by atoms with Crippen molar-refractivity contribution in [2.45, 2.75) is 315 Å². The Morgan fingerprint density at radius 1 is 0.300 bits per heavy atom. The van der Waals surface area contributed by atoms with Crippen LogP contribution in [0.1, 0.15) is 309 Å². The summed E-state index contributed by atoms with van der Waals surface area (Å²) in [4.78, 5) is 24.6. The lowest BCUT2D eigenvalue weighted by Crippen LogP contribution is -2.28. The molecule has 0 amide bonds. The second kappa shape index (κ2) is 69.3. The highest BCUT2D eigenvalue weighted by Crippen LogP contribution is 2.17. The minimum absolute atomic E-state index is 0.0727. The monoisotopic (exact) mass is 1110 g/mol. The average Bonchev–Trinajstić information content (AvgIpc) is 3.46. The number of carbonyl (C=O) groups excluding carboxylic acids is 2. The van der Waals surface area contributed by atoms with Gasteiger partial charge in [0.05, 0.1) is 6.61 Å². The maximum absolute atomic E-state index is 12.4. The Balaban J connectivity index is 3.53. The van der Waals surface area contributed by atoms with Crippen molar-refractivity contribution in [3.05, 3.63) is 134 Å². The SMILES string of the molecule is CC/C=C\C/C=C\C/C=C\C/C=C\C/C=C\C/C=C\C/C=C\C/C=C\C/C=C\CCCCCCCCCCCC(=O)OC(CO)COC(=O)CCCCCCCCCCCCCCCCCCC/C=C\C/C=C\CCCCCCC. The molecule has 0 spiro atoms. The summed E-state index contributed by atoms with van der Waals surface area (Å²) in [6, 6.07) is 0. The van der Waals surface area contributed by atoms with E-state index in [0.717, 1.165) is 109 Å². The van der Waals surface area contributed by atoms with Crippen molar-refractivity contribution in [3.63, 3.8) is 0 Å². The first-order chi connectivity index (χ1) is 39.6. The van der Waals surface area contributed by atoms with Crippen molar-refractivity contribution in [1.29, 1.82) is 0 Å². The maximum Gasteiger partial charge on any atom is 0.306 e. The van der Waals surface area contributed by atoms with Crippen LogP contribution in [-0.4, -0.2) is 36.4 Å². The fourth-order valence-electron chi connectivity index (χ4n) is 9.40. The number of rotatable bonds is 61. The quantitative estimate of drug-likeness (QED) is 0.0373. The molecule has 0 aliphatic carbocycles. The van der Waals surface area contributed by atoms with Gasteiger partial charge in [0.25, 0.3) is 0 Å². The number of hydrogen-bond acceptors (Lipinski definition) is 5. The van der Waals surface area contributed by atoms with Crippen LogP contribution in [0.5, 0.6) is 0 Å². The molecule has 80 heavy (non-hydrogen) atoms. The summed E-state index contributed by atoms with van der Waals surface area (Å²) in [6.45, 7) is 4.03. The first kappa shape index (κ1) is 76.0. The van der Waals surface area contributed by atoms with Gasteiger partial charge < -0.3 is 14.6 Å². The zero-order chi connectivity index (χ0) is 57.6. The van der Waals surface area contributed by atoms with Crippen LogP contribution in [-0.2, 0) is 19.1 Å². The first-order valence-electron chi connectivity index (χ1n) is 33.7. The van der Waals surface area contributed by atoms with E-state index in [2.05, 4.69) is 148 Å². The standard InChI is InChI=1S/C75H126O5/c1-3-5-7-9-11-13-15-17-19-21-23-25-27-29-31-33-34-35-36-37-38-39-40-42-44-46-48-50-52-54-56-58-60-62-64-66-68-70-75(78)80-73(71-76)72-79-74(77)69-67-65-63-61-59-57-55-53-51-49-47-45-43-41-32-30-28-26-24-22-20-18-16-14-12-10-8-6-4-2/h5,7,11,13,16-19,22-25,29,31,34-35,37-38,40,42,46,48,73,76H,3-4,6,8-10,12,14-15,20-21,26-28,30,32-33,36,39,41,43-45,47,49-72H2,1-2H3/b7-5-,13-11-,18-16-,19-17-,24-22-,25-23-,31-29-,35-34-,38-37-,42-40-,48-46-. The van der Waals surface area contributed by atoms with E-state index in [-0.39, 0.29) is 25.2 Å². The van der Waals surface area contributed by atoms with Gasteiger partial charge in [-0.3, -0.25) is 9.59 Å². The highest BCUT2D eigenvalue weighted by atomic mass is 16.6. The summed E-state index contributed by atoms with van der Waals surface area (Å²) in [6.07, 6.45) is 103. The number of esters is 2. The molecule has 0 radical (unpaired) electrons. The molecule has 0 aliphatic heterocycles. The molecule has 456 valence electrons. The van der Waals surface area contributed by atoms with Crippen LogP contribution < -0.4 is 0 Å². The van der Waals surface area contributed by atoms with E-state index < -0.39 is 6.10 Å². The summed E-state index contributed by atoms with van der Waals surface area (Å²) in [5.41, 5.74) is 0. The van der Waals surface area contributed by atoms with Gasteiger partial charge in [0.15, 0.2) is 6.10 Å². The van der Waals surface area contributed by atoms with Crippen molar-refractivity contribution in [2.75, 3.05) is 13.2 Å². The normalized spacial score (nSPS) is 13.1. The Labute approximate surface area is 496 Å². The van der Waals surface area contributed by atoms with Gasteiger partial charge in [-0.25, -0.2) is 0 Å². The third-order valence-corrected chi connectivity index (χ3v) is 14.4. The second-order valence-corrected chi connectivity index (χ2v) is 22.2. The fourth-order valence-corrected chi connectivity index (χ4v) is 9.40. The molecule has 0 aromatic carbocycles. The lowest BCUT2D eigenvalue weighted by molar-refractivity contribution is -0.161. The number of allylic oxidation sites excluding steroid dienone is 22. The fraction of sp³-hybridized carbons (Fsp3) is 0.680. The Kier molecular flexibility index (Phi) is 65.9. The summed E-state index contributed by atoms with van der Waals surface area (Å²) in [5, 5.41) is 9.70. The molecule has 5 nitrogen and oxygen atoms in total. The van der Waals surface area contributed by atoms with Crippen LogP contribution in [0, 0.1) is 0 Å². The number of hydrogen-bond donors (Lipinski definition) is 1. The molecule has 0 fully saturated rings. The number of carbonyl (C=O) groups is 2. The molecule has 5 heteroatoms. The zero-order valence-electron chi connectivity index (χ0n) is 52.3. The third-order valence-electron chi connectivity index (χ3n) is 14.4. The van der Waals surface area contributed by atoms with E-state index in [1.54, 1.807) is 0 Å². The summed E-state index contributed by atoms with van der Waals surface area (Å²) < 4.78 is 10.7. The molecular formula is C75H126O5. The topological polar surface area (TPSA) is 72.8 Å². The van der Waals surface area contributed by atoms with Gasteiger partial charge in [-0.2, -0.15) is 0 Å². The number of aliphatic hydroxyl groups excluding tert-OH is 1. The molecule has 0 aromatic heterocycles. The second-order valence-electron chi connectivity index (χ2n) is 22.2. The van der Waals surface area contributed by atoms with Crippen LogP contribution in [0.2, 0.25) is 0 Å². The lowest BCUT2D eigenvalue weighted by Gasteiger charge is -2.15. The lowest BCUT2D eigenvalue weighted by atomic mass is 10.0. The molecule has 0 bridgehead atoms. The van der Waals surface area contributed by atoms with E-state index in [1.165, 1.54) is 173 Å². The Morgan fingerprint density at radius 2 is 0.537 bits per heavy atom. The molecule has 1 N–H and O–H groups in total. The Bertz CT molecular complexity index is 1630. The van der Waals surface area contributed by atoms with E-state index in [9.17, 15) is 14.7 Å². The minimum atomic E-state index is -0.785. The van der Waals surface area contributed by atoms with Gasteiger partial charge in [-0.15, -0.1) is 0 Å². The molecule has 1 unspecified atom stereocenters. The maximum atomic E-state index is 12.4. The molecule has 1 atom stereocenters. The average molecular weight is 1110 g/mol. The highest BCUT2D eigenvalue weighted by molar-refractivity contribution is 5.70. The van der Waals surface area contributed by atoms with Crippen molar-refractivity contribution in [3.8, 4) is 0 Å². The summed E-state index contributed by atoms with van der Waals surface area (Å²) >= 11 is 0. The van der Waals surface area contributed by atoms with Gasteiger partial charge in [-0.1, -0.05) is 314 Å². The molecule has 0 saturated carbocycles. The van der Waals surface area contributed by atoms with Gasteiger partial charge in [0.1, 0.15) is 6.61 Å². The van der Waals surface area contributed by atoms with Gasteiger partial charge in [0, 0.05) is 12.8 Å².